The van der Waals surface area contributed by atoms with Gasteiger partial charge in [0.05, 0.1) is 18.7 Å². The van der Waals surface area contributed by atoms with Crippen LogP contribution in [0.4, 0.5) is 0 Å². The van der Waals surface area contributed by atoms with E-state index in [1.165, 1.54) is 0 Å². The van der Waals surface area contributed by atoms with Gasteiger partial charge >= 0.3 is 0 Å². The molecule has 156 valence electrons. The van der Waals surface area contributed by atoms with Crippen molar-refractivity contribution in [1.82, 2.24) is 4.68 Å². The van der Waals surface area contributed by atoms with Gasteiger partial charge in [-0.1, -0.05) is 55.5 Å². The highest BCUT2D eigenvalue weighted by Gasteiger charge is 2.30. The van der Waals surface area contributed by atoms with Crippen molar-refractivity contribution in [3.05, 3.63) is 60.7 Å². The summed E-state index contributed by atoms with van der Waals surface area (Å²) in [6.45, 7) is 4.27. The van der Waals surface area contributed by atoms with Crippen molar-refractivity contribution in [1.29, 1.82) is 0 Å². The Balaban J connectivity index is 0.000000537. The fourth-order valence-corrected chi connectivity index (χ4v) is 2.93. The third-order valence-electron chi connectivity index (χ3n) is 4.52. The molecule has 1 atom stereocenters. The number of nitrogens with zero attached hydrogens (tertiary/aromatic N) is 2. The minimum Gasteiger partial charge on any atom is -0.482 e. The summed E-state index contributed by atoms with van der Waals surface area (Å²) >= 11 is 0. The van der Waals surface area contributed by atoms with E-state index < -0.39 is 10.2 Å². The van der Waals surface area contributed by atoms with Crippen LogP contribution in [0.15, 0.2) is 60.7 Å². The molecule has 29 heavy (non-hydrogen) atoms. The van der Waals surface area contributed by atoms with Crippen molar-refractivity contribution < 1.29 is 38.3 Å². The molecule has 0 aliphatic heterocycles. The molecule has 3 rings (SSSR count). The SMILES string of the molecule is CCC(C)Oc1c(-c2ccccc2)n(C)[n+](C)c1-c1ccccc1.[O-][Cl+3]([O-])([O-])[O-]. The number of aromatic nitrogens is 2. The van der Waals surface area contributed by atoms with E-state index in [1.54, 1.807) is 0 Å². The zero-order valence-corrected chi connectivity index (χ0v) is 17.6. The van der Waals surface area contributed by atoms with Gasteiger partial charge in [0, 0.05) is 5.56 Å². The molecule has 3 aromatic rings. The Labute approximate surface area is 172 Å². The Morgan fingerprint density at radius 2 is 1.38 bits per heavy atom. The monoisotopic (exact) mass is 420 g/mol. The highest BCUT2D eigenvalue weighted by molar-refractivity contribution is 5.76. The van der Waals surface area contributed by atoms with Crippen LogP contribution >= 0.6 is 0 Å². The quantitative estimate of drug-likeness (QED) is 0.522. The number of halogens is 1. The van der Waals surface area contributed by atoms with E-state index in [0.717, 1.165) is 34.7 Å². The number of hydrogen-bond donors (Lipinski definition) is 0. The van der Waals surface area contributed by atoms with Crippen molar-refractivity contribution in [2.45, 2.75) is 26.4 Å². The van der Waals surface area contributed by atoms with Crippen LogP contribution in [0, 0.1) is 10.2 Å². The Hall–Kier alpha value is -2.42. The highest BCUT2D eigenvalue weighted by Crippen LogP contribution is 2.38. The maximum Gasteiger partial charge on any atom is 0.280 e. The normalized spacial score (nSPS) is 12.1. The van der Waals surface area contributed by atoms with E-state index >= 15 is 0 Å². The van der Waals surface area contributed by atoms with E-state index in [0.29, 0.717) is 0 Å². The van der Waals surface area contributed by atoms with E-state index in [4.69, 9.17) is 23.4 Å². The molecule has 0 saturated carbocycles. The first-order valence-corrected chi connectivity index (χ1v) is 10.3. The average Bonchev–Trinajstić information content (AvgIpc) is 2.92. The summed E-state index contributed by atoms with van der Waals surface area (Å²) in [6.07, 6.45) is 1.14. The standard InChI is InChI=1S/C21H25N2O.ClHO4/c1-5-16(2)24-21-19(17-12-8-6-9-13-17)22(3)23(4)20(21)18-14-10-7-11-15-18;2-1(3,4)5/h6-16H,5H2,1-4H3;(H,2,3,4,5)/q+1;/p-1. The van der Waals surface area contributed by atoms with E-state index in [1.807, 2.05) is 12.1 Å². The molecular formula is C21H25ClN2O5. The molecular weight excluding hydrogens is 396 g/mol. The van der Waals surface area contributed by atoms with E-state index in [-0.39, 0.29) is 6.10 Å². The fraction of sp³-hybridized carbons (Fsp3) is 0.286. The van der Waals surface area contributed by atoms with Crippen molar-refractivity contribution in [3.63, 3.8) is 0 Å². The molecule has 2 aromatic carbocycles. The van der Waals surface area contributed by atoms with Crippen LogP contribution in [0.25, 0.3) is 22.5 Å². The first-order chi connectivity index (χ1) is 13.6. The summed E-state index contributed by atoms with van der Waals surface area (Å²) in [7, 11) is -0.781. The van der Waals surface area contributed by atoms with Crippen molar-refractivity contribution in [2.75, 3.05) is 0 Å². The molecule has 0 radical (unpaired) electrons. The van der Waals surface area contributed by atoms with Gasteiger partial charge in [0.2, 0.25) is 5.75 Å². The van der Waals surface area contributed by atoms with Crippen molar-refractivity contribution in [2.24, 2.45) is 14.1 Å². The second-order valence-corrected chi connectivity index (χ2v) is 7.28. The van der Waals surface area contributed by atoms with E-state index in [9.17, 15) is 0 Å². The minimum absolute atomic E-state index is 0.164. The van der Waals surface area contributed by atoms with Crippen LogP contribution in [0.1, 0.15) is 20.3 Å². The summed E-state index contributed by atoms with van der Waals surface area (Å²) in [6, 6.07) is 20.9. The van der Waals surface area contributed by atoms with Gasteiger partial charge in [-0.25, -0.2) is 18.6 Å². The van der Waals surface area contributed by atoms with Gasteiger partial charge in [0.15, 0.2) is 12.7 Å². The lowest BCUT2D eigenvalue weighted by atomic mass is 10.1. The van der Waals surface area contributed by atoms with Crippen molar-refractivity contribution >= 4 is 0 Å². The molecule has 0 aliphatic rings. The van der Waals surface area contributed by atoms with Crippen LogP contribution in [0.3, 0.4) is 0 Å². The van der Waals surface area contributed by atoms with Crippen LogP contribution < -0.4 is 28.1 Å². The lowest BCUT2D eigenvalue weighted by molar-refractivity contribution is -2.00. The molecule has 0 aliphatic carbocycles. The van der Waals surface area contributed by atoms with Gasteiger partial charge < -0.3 is 4.74 Å². The first-order valence-electron chi connectivity index (χ1n) is 9.11. The topological polar surface area (TPSA) is 110 Å². The molecule has 0 spiro atoms. The average molecular weight is 421 g/mol. The van der Waals surface area contributed by atoms with Gasteiger partial charge in [-0.3, -0.25) is 0 Å². The van der Waals surface area contributed by atoms with E-state index in [2.05, 4.69) is 85.8 Å². The fourth-order valence-electron chi connectivity index (χ4n) is 2.93. The molecule has 8 heteroatoms. The number of ether oxygens (including phenoxy) is 1. The molecule has 0 saturated heterocycles. The Kier molecular flexibility index (Phi) is 7.78. The van der Waals surface area contributed by atoms with Crippen LogP contribution in [-0.2, 0) is 14.1 Å². The lowest BCUT2D eigenvalue weighted by Crippen LogP contribution is -2.68. The summed E-state index contributed by atoms with van der Waals surface area (Å²) in [5.74, 6) is 0.951. The molecule has 1 aromatic heterocycles. The highest BCUT2D eigenvalue weighted by atomic mass is 35.7. The second-order valence-electron chi connectivity index (χ2n) is 6.52. The predicted molar refractivity (Wildman–Crippen MR) is 97.8 cm³/mol. The number of rotatable bonds is 5. The lowest BCUT2D eigenvalue weighted by Gasteiger charge is -2.17. The summed E-state index contributed by atoms with van der Waals surface area (Å²) < 4.78 is 44.7. The molecule has 7 nitrogen and oxygen atoms in total. The van der Waals surface area contributed by atoms with Gasteiger partial charge in [-0.05, 0) is 25.5 Å². The van der Waals surface area contributed by atoms with Gasteiger partial charge in [-0.15, -0.1) is 14.9 Å². The number of hydrogen-bond acceptors (Lipinski definition) is 5. The third-order valence-corrected chi connectivity index (χ3v) is 4.52. The Morgan fingerprint density at radius 1 is 0.931 bits per heavy atom. The van der Waals surface area contributed by atoms with Gasteiger partial charge in [0.1, 0.15) is 0 Å². The largest absolute Gasteiger partial charge is 0.482 e. The molecule has 0 fully saturated rings. The first kappa shape index (κ1) is 22.9. The minimum atomic E-state index is -4.94. The third kappa shape index (κ3) is 6.28. The maximum atomic E-state index is 8.49. The summed E-state index contributed by atoms with van der Waals surface area (Å²) in [5, 5.41) is 0. The molecule has 0 N–H and O–H groups in total. The second kappa shape index (κ2) is 9.87. The van der Waals surface area contributed by atoms with Crippen LogP contribution in [0.2, 0.25) is 0 Å². The number of benzene rings is 2. The molecule has 0 bridgehead atoms. The van der Waals surface area contributed by atoms with Crippen molar-refractivity contribution in [3.8, 4) is 28.3 Å². The van der Waals surface area contributed by atoms with Gasteiger partial charge in [0.25, 0.3) is 5.69 Å². The van der Waals surface area contributed by atoms with Gasteiger partial charge in [-0.2, -0.15) is 4.68 Å². The van der Waals surface area contributed by atoms with Crippen LogP contribution in [-0.4, -0.2) is 10.8 Å². The molecule has 1 heterocycles. The maximum absolute atomic E-state index is 8.49. The molecule has 0 amide bonds. The van der Waals surface area contributed by atoms with Crippen LogP contribution in [0.5, 0.6) is 5.75 Å². The smallest absolute Gasteiger partial charge is 0.280 e. The summed E-state index contributed by atoms with van der Waals surface area (Å²) in [5.41, 5.74) is 4.54. The zero-order chi connectivity index (χ0) is 21.6. The Bertz CT molecular complexity index is 839. The Morgan fingerprint density at radius 3 is 1.83 bits per heavy atom. The predicted octanol–water partition coefficient (Wildman–Crippen LogP) is -0.395. The zero-order valence-electron chi connectivity index (χ0n) is 16.9. The summed E-state index contributed by atoms with van der Waals surface area (Å²) in [4.78, 5) is 0. The molecule has 1 unspecified atom stereocenters.